The number of thioether (sulfide) groups is 2. The minimum atomic E-state index is -0.469. The van der Waals surface area contributed by atoms with Gasteiger partial charge in [-0.25, -0.2) is 0 Å². The van der Waals surface area contributed by atoms with Gasteiger partial charge in [-0.2, -0.15) is 0 Å². The first-order valence-corrected chi connectivity index (χ1v) is 10.1. The minimum Gasteiger partial charge on any atom is -0.388 e. The predicted molar refractivity (Wildman–Crippen MR) is 98.8 cm³/mol. The first-order chi connectivity index (χ1) is 10.7. The van der Waals surface area contributed by atoms with Gasteiger partial charge >= 0.3 is 0 Å². The summed E-state index contributed by atoms with van der Waals surface area (Å²) in [6.45, 7) is 3.59. The molecule has 0 fully saturated rings. The fourth-order valence-electron chi connectivity index (χ4n) is 2.96. The number of hydrogen-bond donors (Lipinski definition) is 1. The normalized spacial score (nSPS) is 19.0. The highest BCUT2D eigenvalue weighted by molar-refractivity contribution is 8.17. The third-order valence-electron chi connectivity index (χ3n) is 3.94. The quantitative estimate of drug-likeness (QED) is 0.848. The number of rotatable bonds is 3. The zero-order chi connectivity index (χ0) is 15.3. The lowest BCUT2D eigenvalue weighted by Crippen LogP contribution is -2.20. The lowest BCUT2D eigenvalue weighted by Gasteiger charge is -2.19. The number of hydrogen-bond acceptors (Lipinski definition) is 6. The number of aliphatic imine (C=N–C) groups is 1. The highest BCUT2D eigenvalue weighted by Crippen LogP contribution is 2.46. The van der Waals surface area contributed by atoms with Crippen LogP contribution in [-0.2, 0) is 0 Å². The van der Waals surface area contributed by atoms with Crippen LogP contribution in [-0.4, -0.2) is 40.6 Å². The van der Waals surface area contributed by atoms with Gasteiger partial charge in [-0.05, 0) is 30.7 Å². The molecule has 0 bridgehead atoms. The van der Waals surface area contributed by atoms with E-state index in [0.717, 1.165) is 28.9 Å². The minimum absolute atomic E-state index is 0.469. The Balaban J connectivity index is 1.95. The zero-order valence-electron chi connectivity index (χ0n) is 12.4. The number of aliphatic hydroxyl groups excluding tert-OH is 1. The highest BCUT2D eigenvalue weighted by atomic mass is 32.2. The number of benzene rings is 1. The van der Waals surface area contributed by atoms with Gasteiger partial charge in [0.15, 0.2) is 5.17 Å². The maximum atomic E-state index is 10.2. The van der Waals surface area contributed by atoms with E-state index in [1.807, 2.05) is 6.92 Å². The molecule has 0 aliphatic carbocycles. The van der Waals surface area contributed by atoms with Crippen molar-refractivity contribution in [2.45, 2.75) is 17.9 Å². The molecular formula is C16H16N2OS3. The first kappa shape index (κ1) is 14.6. The van der Waals surface area contributed by atoms with Crippen LogP contribution in [0.2, 0.25) is 0 Å². The number of amidine groups is 1. The van der Waals surface area contributed by atoms with Crippen LogP contribution in [0.3, 0.4) is 0 Å². The maximum Gasteiger partial charge on any atom is 0.168 e. The molecule has 1 aromatic heterocycles. The Morgan fingerprint density at radius 3 is 3.00 bits per heavy atom. The van der Waals surface area contributed by atoms with Crippen LogP contribution in [0.4, 0.5) is 0 Å². The summed E-state index contributed by atoms with van der Waals surface area (Å²) < 4.78 is 1.30. The Morgan fingerprint density at radius 2 is 2.23 bits per heavy atom. The van der Waals surface area contributed by atoms with Crippen LogP contribution in [0.25, 0.3) is 15.8 Å². The van der Waals surface area contributed by atoms with Crippen LogP contribution in [0.15, 0.2) is 38.4 Å². The largest absolute Gasteiger partial charge is 0.388 e. The van der Waals surface area contributed by atoms with E-state index in [0.29, 0.717) is 0 Å². The Kier molecular flexibility index (Phi) is 3.72. The molecule has 0 saturated heterocycles. The van der Waals surface area contributed by atoms with Gasteiger partial charge in [0.1, 0.15) is 0 Å². The van der Waals surface area contributed by atoms with E-state index in [1.165, 1.54) is 20.5 Å². The molecule has 0 saturated carbocycles. The predicted octanol–water partition coefficient (Wildman–Crippen LogP) is 4.09. The third-order valence-corrected chi connectivity index (χ3v) is 6.97. The molecule has 1 aromatic carbocycles. The van der Waals surface area contributed by atoms with Crippen molar-refractivity contribution in [2.24, 2.45) is 4.99 Å². The number of fused-ring (bicyclic) bond motifs is 2. The second kappa shape index (κ2) is 5.60. The van der Waals surface area contributed by atoms with Crippen LogP contribution in [0.5, 0.6) is 0 Å². The molecule has 3 nitrogen and oxygen atoms in total. The van der Waals surface area contributed by atoms with Crippen molar-refractivity contribution in [1.82, 2.24) is 4.90 Å². The molecule has 6 heteroatoms. The number of nitrogens with zero attached hydrogens (tertiary/aromatic N) is 2. The molecule has 4 rings (SSSR count). The smallest absolute Gasteiger partial charge is 0.168 e. The van der Waals surface area contributed by atoms with Crippen molar-refractivity contribution in [3.05, 3.63) is 34.0 Å². The van der Waals surface area contributed by atoms with E-state index >= 15 is 0 Å². The summed E-state index contributed by atoms with van der Waals surface area (Å²) >= 11 is 5.17. The van der Waals surface area contributed by atoms with E-state index in [4.69, 9.17) is 0 Å². The summed E-state index contributed by atoms with van der Waals surface area (Å²) in [4.78, 5) is 9.15. The maximum absolute atomic E-state index is 10.2. The molecular weight excluding hydrogens is 332 g/mol. The Morgan fingerprint density at radius 1 is 1.36 bits per heavy atom. The lowest BCUT2D eigenvalue weighted by atomic mass is 10.1. The van der Waals surface area contributed by atoms with Crippen molar-refractivity contribution in [3.8, 4) is 0 Å². The van der Waals surface area contributed by atoms with Gasteiger partial charge in [0.2, 0.25) is 0 Å². The lowest BCUT2D eigenvalue weighted by molar-refractivity contribution is 0.240. The second-order valence-corrected chi connectivity index (χ2v) is 8.06. The molecule has 3 heterocycles. The summed E-state index contributed by atoms with van der Waals surface area (Å²) in [6.07, 6.45) is 1.65. The van der Waals surface area contributed by atoms with Crippen molar-refractivity contribution in [1.29, 1.82) is 0 Å². The molecule has 1 N–H and O–H groups in total. The van der Waals surface area contributed by atoms with Gasteiger partial charge < -0.3 is 10.0 Å². The average Bonchev–Trinajstić information content (AvgIpc) is 3.20. The molecule has 0 radical (unpaired) electrons. The van der Waals surface area contributed by atoms with E-state index in [-0.39, 0.29) is 0 Å². The molecule has 114 valence electrons. The summed E-state index contributed by atoms with van der Waals surface area (Å²) in [5, 5.41) is 14.7. The standard InChI is InChI=1S/C16H16N2OS3/c1-9(19)14-13(18-7-6-17-16(18)22-14)11-3-4-12(20-2)10-5-8-21-15(10)11/h3-5,8-9,19H,6-7H2,1-2H3. The van der Waals surface area contributed by atoms with Gasteiger partial charge in [0.05, 0.1) is 18.3 Å². The van der Waals surface area contributed by atoms with Crippen LogP contribution in [0.1, 0.15) is 12.5 Å². The second-order valence-electron chi connectivity index (χ2n) is 5.29. The number of aliphatic hydroxyl groups is 1. The van der Waals surface area contributed by atoms with E-state index in [9.17, 15) is 5.11 Å². The molecule has 1 unspecified atom stereocenters. The summed E-state index contributed by atoms with van der Waals surface area (Å²) in [6, 6.07) is 6.58. The highest BCUT2D eigenvalue weighted by Gasteiger charge is 2.35. The van der Waals surface area contributed by atoms with Gasteiger partial charge in [-0.3, -0.25) is 4.99 Å². The Bertz CT molecular complexity index is 807. The fourth-order valence-corrected chi connectivity index (χ4v) is 5.69. The van der Waals surface area contributed by atoms with E-state index < -0.39 is 6.10 Å². The van der Waals surface area contributed by atoms with Gasteiger partial charge in [-0.15, -0.1) is 23.1 Å². The summed E-state index contributed by atoms with van der Waals surface area (Å²) in [5.41, 5.74) is 2.37. The number of thiophene rings is 1. The van der Waals surface area contributed by atoms with E-state index in [1.54, 1.807) is 34.9 Å². The zero-order valence-corrected chi connectivity index (χ0v) is 14.8. The SMILES string of the molecule is CSc1ccc(C2=C(C(C)O)SC3=NCCN32)c2sccc12. The van der Waals surface area contributed by atoms with Crippen LogP contribution in [0, 0.1) is 0 Å². The monoisotopic (exact) mass is 348 g/mol. The van der Waals surface area contributed by atoms with Crippen molar-refractivity contribution < 1.29 is 5.11 Å². The average molecular weight is 349 g/mol. The molecule has 1 atom stereocenters. The van der Waals surface area contributed by atoms with Gasteiger partial charge in [-0.1, -0.05) is 17.8 Å². The molecule has 0 amide bonds. The van der Waals surface area contributed by atoms with Crippen molar-refractivity contribution >= 4 is 55.8 Å². The van der Waals surface area contributed by atoms with E-state index in [2.05, 4.69) is 39.7 Å². The fraction of sp³-hybridized carbons (Fsp3) is 0.312. The van der Waals surface area contributed by atoms with Crippen molar-refractivity contribution in [3.63, 3.8) is 0 Å². The van der Waals surface area contributed by atoms with Crippen LogP contribution >= 0.6 is 34.9 Å². The third kappa shape index (κ3) is 2.12. The Hall–Kier alpha value is -0.950. The molecule has 2 aliphatic rings. The Labute approximate surface area is 142 Å². The van der Waals surface area contributed by atoms with Gasteiger partial charge in [0.25, 0.3) is 0 Å². The molecule has 2 aliphatic heterocycles. The topological polar surface area (TPSA) is 35.8 Å². The van der Waals surface area contributed by atoms with Crippen molar-refractivity contribution in [2.75, 3.05) is 19.3 Å². The molecule has 2 aromatic rings. The summed E-state index contributed by atoms with van der Waals surface area (Å²) in [5.74, 6) is 0. The first-order valence-electron chi connectivity index (χ1n) is 7.17. The summed E-state index contributed by atoms with van der Waals surface area (Å²) in [7, 11) is 0. The van der Waals surface area contributed by atoms with Gasteiger partial charge in [0, 0.05) is 32.0 Å². The molecule has 0 spiro atoms. The molecule has 22 heavy (non-hydrogen) atoms. The van der Waals surface area contributed by atoms with Crippen LogP contribution < -0.4 is 0 Å².